The molecule has 2 atom stereocenters. The number of nitriles is 1. The summed E-state index contributed by atoms with van der Waals surface area (Å²) in [7, 11) is 4.63. The van der Waals surface area contributed by atoms with Crippen LogP contribution in [-0.2, 0) is 6.18 Å². The van der Waals surface area contributed by atoms with Crippen molar-refractivity contribution >= 4 is 40.6 Å². The van der Waals surface area contributed by atoms with Crippen LogP contribution in [0.3, 0.4) is 0 Å². The Labute approximate surface area is 180 Å². The van der Waals surface area contributed by atoms with Crippen LogP contribution in [0.25, 0.3) is 5.65 Å². The molecule has 0 saturated carbocycles. The van der Waals surface area contributed by atoms with Gasteiger partial charge in [0.1, 0.15) is 6.07 Å². The van der Waals surface area contributed by atoms with E-state index in [0.29, 0.717) is 42.4 Å². The summed E-state index contributed by atoms with van der Waals surface area (Å²) >= 11 is 0. The molecule has 1 fully saturated rings. The van der Waals surface area contributed by atoms with Gasteiger partial charge in [-0.05, 0) is 53.1 Å². The third-order valence-electron chi connectivity index (χ3n) is 5.45. The highest BCUT2D eigenvalue weighted by Gasteiger charge is 2.38. The molecule has 3 heterocycles. The molecule has 1 aliphatic heterocycles. The molecule has 0 N–H and O–H groups in total. The number of aromatic nitrogens is 3. The first-order valence-corrected chi connectivity index (χ1v) is 10.6. The maximum atomic E-state index is 13.7. The lowest BCUT2D eigenvalue weighted by Gasteiger charge is -2.33. The number of carbonyl (C=O) groups excluding carboxylic acids is 1. The van der Waals surface area contributed by atoms with Gasteiger partial charge in [0.25, 0.3) is 5.91 Å². The fourth-order valence-electron chi connectivity index (χ4n) is 4.00. The molecule has 31 heavy (non-hydrogen) atoms. The molecule has 2 unspecified atom stereocenters. The van der Waals surface area contributed by atoms with Crippen LogP contribution in [-0.4, -0.2) is 38.5 Å². The Hall–Kier alpha value is -2.55. The Morgan fingerprint density at radius 3 is 2.52 bits per heavy atom. The number of hydrogen-bond acceptors (Lipinski definition) is 4. The fraction of sp³-hybridized carbons (Fsp3) is 0.300. The van der Waals surface area contributed by atoms with Crippen LogP contribution in [0.4, 0.5) is 13.2 Å². The lowest BCUT2D eigenvalue weighted by Crippen LogP contribution is -2.39. The van der Waals surface area contributed by atoms with Crippen molar-refractivity contribution in [1.29, 1.82) is 5.26 Å². The third-order valence-corrected chi connectivity index (χ3v) is 6.24. The predicted octanol–water partition coefficient (Wildman–Crippen LogP) is 2.64. The SMILES string of the molecule is N#Cc1ccc2nnc(C(=O)N3CCC(c4cc(P)cc(P)c4C(F)(F)F)CC3)n2c1. The van der Waals surface area contributed by atoms with Crippen molar-refractivity contribution in [1.82, 2.24) is 19.5 Å². The normalized spacial score (nSPS) is 15.3. The van der Waals surface area contributed by atoms with E-state index >= 15 is 0 Å². The summed E-state index contributed by atoms with van der Waals surface area (Å²) in [6.07, 6.45) is -2.13. The lowest BCUT2D eigenvalue weighted by molar-refractivity contribution is -0.137. The average Bonchev–Trinajstić information content (AvgIpc) is 3.14. The maximum Gasteiger partial charge on any atom is 0.417 e. The fourth-order valence-corrected chi connectivity index (χ4v) is 5.07. The number of likely N-dealkylation sites (tertiary alicyclic amines) is 1. The predicted molar refractivity (Wildman–Crippen MR) is 116 cm³/mol. The average molecular weight is 463 g/mol. The largest absolute Gasteiger partial charge is 0.417 e. The Bertz CT molecular complexity index is 1210. The highest BCUT2D eigenvalue weighted by molar-refractivity contribution is 7.29. The van der Waals surface area contributed by atoms with E-state index in [-0.39, 0.29) is 28.5 Å². The van der Waals surface area contributed by atoms with E-state index in [2.05, 4.69) is 28.7 Å². The lowest BCUT2D eigenvalue weighted by atomic mass is 9.86. The summed E-state index contributed by atoms with van der Waals surface area (Å²) in [5.41, 5.74) is 0.465. The smallest absolute Gasteiger partial charge is 0.336 e. The molecule has 0 radical (unpaired) electrons. The minimum atomic E-state index is -4.45. The van der Waals surface area contributed by atoms with Crippen molar-refractivity contribution in [3.8, 4) is 6.07 Å². The second-order valence-electron chi connectivity index (χ2n) is 7.42. The minimum Gasteiger partial charge on any atom is -0.336 e. The van der Waals surface area contributed by atoms with Crippen molar-refractivity contribution in [2.75, 3.05) is 13.1 Å². The first kappa shape index (κ1) is 21.7. The first-order chi connectivity index (χ1) is 14.7. The van der Waals surface area contributed by atoms with Gasteiger partial charge in [0.15, 0.2) is 5.65 Å². The van der Waals surface area contributed by atoms with Gasteiger partial charge in [-0.1, -0.05) is 6.07 Å². The molecule has 160 valence electrons. The zero-order valence-corrected chi connectivity index (χ0v) is 18.5. The molecule has 1 saturated heterocycles. The maximum absolute atomic E-state index is 13.7. The standard InChI is InChI=1S/C20H18F3N5OP2/c21-20(22,23)17-14(7-13(30)8-15(17)31)12-3-5-27(6-4-12)19(29)18-26-25-16-2-1-11(9-24)10-28(16)18/h1-2,7-8,10,12H,3-6,30-31H2. The number of nitrogens with zero attached hydrogens (tertiary/aromatic N) is 5. The zero-order valence-electron chi connectivity index (χ0n) is 16.2. The van der Waals surface area contributed by atoms with Gasteiger partial charge in [0, 0.05) is 19.3 Å². The molecular formula is C20H18F3N5OP2. The van der Waals surface area contributed by atoms with E-state index in [1.807, 2.05) is 6.07 Å². The van der Waals surface area contributed by atoms with E-state index in [4.69, 9.17) is 5.26 Å². The number of halogens is 3. The van der Waals surface area contributed by atoms with Gasteiger partial charge >= 0.3 is 6.18 Å². The van der Waals surface area contributed by atoms with Crippen molar-refractivity contribution < 1.29 is 18.0 Å². The number of benzene rings is 1. The summed E-state index contributed by atoms with van der Waals surface area (Å²) in [6.45, 7) is 0.613. The van der Waals surface area contributed by atoms with Crippen LogP contribution in [0.1, 0.15) is 46.1 Å². The number of amides is 1. The molecule has 1 aromatic carbocycles. The van der Waals surface area contributed by atoms with Gasteiger partial charge in [-0.25, -0.2) is 0 Å². The number of piperidine rings is 1. The van der Waals surface area contributed by atoms with E-state index in [0.717, 1.165) is 0 Å². The number of hydrogen-bond donors (Lipinski definition) is 0. The topological polar surface area (TPSA) is 74.3 Å². The number of fused-ring (bicyclic) bond motifs is 1. The molecule has 1 aliphatic rings. The van der Waals surface area contributed by atoms with E-state index in [9.17, 15) is 18.0 Å². The van der Waals surface area contributed by atoms with Crippen molar-refractivity contribution in [3.05, 3.63) is 53.0 Å². The first-order valence-electron chi connectivity index (χ1n) is 9.49. The van der Waals surface area contributed by atoms with Crippen molar-refractivity contribution in [3.63, 3.8) is 0 Å². The second-order valence-corrected chi connectivity index (χ2v) is 8.71. The summed E-state index contributed by atoms with van der Waals surface area (Å²) in [5, 5.41) is 17.8. The van der Waals surface area contributed by atoms with Crippen molar-refractivity contribution in [2.45, 2.75) is 24.9 Å². The minimum absolute atomic E-state index is 0.0840. The Morgan fingerprint density at radius 2 is 1.87 bits per heavy atom. The van der Waals surface area contributed by atoms with Gasteiger partial charge in [-0.2, -0.15) is 18.4 Å². The number of pyridine rings is 1. The number of alkyl halides is 3. The zero-order chi connectivity index (χ0) is 22.3. The molecule has 3 aromatic rings. The van der Waals surface area contributed by atoms with Crippen LogP contribution in [0.15, 0.2) is 30.5 Å². The van der Waals surface area contributed by atoms with Gasteiger partial charge in [-0.15, -0.1) is 28.7 Å². The monoisotopic (exact) mass is 463 g/mol. The molecule has 2 aromatic heterocycles. The summed E-state index contributed by atoms with van der Waals surface area (Å²) in [4.78, 5) is 14.6. The van der Waals surface area contributed by atoms with Crippen molar-refractivity contribution in [2.24, 2.45) is 0 Å². The van der Waals surface area contributed by atoms with Gasteiger partial charge in [0.05, 0.1) is 11.1 Å². The third kappa shape index (κ3) is 4.15. The molecule has 6 nitrogen and oxygen atoms in total. The molecule has 1 amide bonds. The van der Waals surface area contributed by atoms with E-state index in [1.165, 1.54) is 16.7 Å². The Balaban J connectivity index is 1.56. The molecule has 0 bridgehead atoms. The molecule has 0 spiro atoms. The number of carbonyl (C=O) groups is 1. The van der Waals surface area contributed by atoms with Gasteiger partial charge in [-0.3, -0.25) is 9.20 Å². The summed E-state index contributed by atoms with van der Waals surface area (Å²) in [6, 6.07) is 8.24. The van der Waals surface area contributed by atoms with E-state index in [1.54, 1.807) is 23.1 Å². The van der Waals surface area contributed by atoms with Crippen LogP contribution in [0.5, 0.6) is 0 Å². The van der Waals surface area contributed by atoms with E-state index < -0.39 is 11.7 Å². The molecule has 11 heteroatoms. The number of rotatable bonds is 2. The van der Waals surface area contributed by atoms with Gasteiger partial charge in [0.2, 0.25) is 5.82 Å². The highest BCUT2D eigenvalue weighted by Crippen LogP contribution is 2.38. The Kier molecular flexibility index (Phi) is 5.72. The van der Waals surface area contributed by atoms with Crippen LogP contribution >= 0.6 is 18.5 Å². The molecular weight excluding hydrogens is 445 g/mol. The van der Waals surface area contributed by atoms with Crippen LogP contribution in [0, 0.1) is 11.3 Å². The second kappa shape index (κ2) is 8.18. The van der Waals surface area contributed by atoms with Crippen LogP contribution < -0.4 is 10.6 Å². The summed E-state index contributed by atoms with van der Waals surface area (Å²) < 4.78 is 42.5. The molecule has 0 aliphatic carbocycles. The van der Waals surface area contributed by atoms with Gasteiger partial charge < -0.3 is 4.90 Å². The summed E-state index contributed by atoms with van der Waals surface area (Å²) in [5.74, 6) is -0.579. The quantitative estimate of drug-likeness (QED) is 0.548. The molecule has 4 rings (SSSR count). The van der Waals surface area contributed by atoms with Crippen LogP contribution in [0.2, 0.25) is 0 Å². The Morgan fingerprint density at radius 1 is 1.16 bits per heavy atom. The highest BCUT2D eigenvalue weighted by atomic mass is 31.0.